The minimum absolute atomic E-state index is 0.00136. The Hall–Kier alpha value is -3.08. The topological polar surface area (TPSA) is 109 Å². The highest BCUT2D eigenvalue weighted by Crippen LogP contribution is 2.44. The number of amides is 1. The number of aliphatic hydroxyl groups is 1. The maximum atomic E-state index is 13.4. The van der Waals surface area contributed by atoms with Crippen molar-refractivity contribution in [1.29, 1.82) is 0 Å². The van der Waals surface area contributed by atoms with Crippen LogP contribution in [0, 0.1) is 0 Å². The van der Waals surface area contributed by atoms with Gasteiger partial charge in [0.1, 0.15) is 17.6 Å². The molecule has 2 atom stereocenters. The van der Waals surface area contributed by atoms with E-state index in [9.17, 15) is 19.8 Å². The molecule has 0 spiro atoms. The van der Waals surface area contributed by atoms with Gasteiger partial charge in [0.05, 0.1) is 36.4 Å². The number of halogens is 1. The molecule has 37 heavy (non-hydrogen) atoms. The third-order valence-electron chi connectivity index (χ3n) is 7.06. The van der Waals surface area contributed by atoms with Gasteiger partial charge in [-0.3, -0.25) is 14.5 Å². The summed E-state index contributed by atoms with van der Waals surface area (Å²) in [6.45, 7) is 5.51. The first kappa shape index (κ1) is 25.6. The van der Waals surface area contributed by atoms with Crippen molar-refractivity contribution in [3.8, 4) is 17.2 Å². The van der Waals surface area contributed by atoms with Gasteiger partial charge in [-0.2, -0.15) is 0 Å². The molecule has 0 saturated carbocycles. The molecule has 5 rings (SSSR count). The Bertz CT molecular complexity index is 1270. The van der Waals surface area contributed by atoms with Crippen molar-refractivity contribution in [3.63, 3.8) is 0 Å². The van der Waals surface area contributed by atoms with Crippen molar-refractivity contribution >= 4 is 33.4 Å². The Morgan fingerprint density at radius 1 is 1.16 bits per heavy atom. The van der Waals surface area contributed by atoms with Crippen LogP contribution in [-0.2, 0) is 20.7 Å². The Labute approximate surface area is 223 Å². The molecule has 2 aromatic rings. The summed E-state index contributed by atoms with van der Waals surface area (Å²) in [5.41, 5.74) is 1.90. The molecule has 2 N–H and O–H groups in total. The molecule has 2 saturated heterocycles. The van der Waals surface area contributed by atoms with Crippen LogP contribution in [0.5, 0.6) is 17.2 Å². The third kappa shape index (κ3) is 4.81. The maximum Gasteiger partial charge on any atom is 0.295 e. The number of ketones is 1. The van der Waals surface area contributed by atoms with Gasteiger partial charge in [-0.15, -0.1) is 0 Å². The van der Waals surface area contributed by atoms with Gasteiger partial charge in [0, 0.05) is 38.2 Å². The number of carbonyl (C=O) groups is 2. The van der Waals surface area contributed by atoms with Crippen LogP contribution in [-0.4, -0.2) is 84.3 Å². The molecule has 2 aromatic carbocycles. The summed E-state index contributed by atoms with van der Waals surface area (Å²) in [5.74, 6) is -0.837. The quantitative estimate of drug-likeness (QED) is 0.308. The second-order valence-corrected chi connectivity index (χ2v) is 10.3. The van der Waals surface area contributed by atoms with Crippen molar-refractivity contribution in [3.05, 3.63) is 57.1 Å². The molecule has 3 heterocycles. The number of phenols is 1. The number of aromatic hydroxyl groups is 1. The number of hydrogen-bond donors (Lipinski definition) is 2. The summed E-state index contributed by atoms with van der Waals surface area (Å²) in [7, 11) is 1.42. The smallest absolute Gasteiger partial charge is 0.295 e. The molecule has 9 nitrogen and oxygen atoms in total. The molecule has 2 fully saturated rings. The van der Waals surface area contributed by atoms with E-state index in [1.165, 1.54) is 12.0 Å². The minimum Gasteiger partial charge on any atom is -0.507 e. The van der Waals surface area contributed by atoms with Gasteiger partial charge in [0.25, 0.3) is 11.7 Å². The number of fused-ring (bicyclic) bond motifs is 1. The molecular weight excluding hydrogens is 544 g/mol. The molecule has 0 bridgehead atoms. The van der Waals surface area contributed by atoms with E-state index < -0.39 is 17.7 Å². The first-order chi connectivity index (χ1) is 17.8. The van der Waals surface area contributed by atoms with Gasteiger partial charge in [-0.25, -0.2) is 0 Å². The summed E-state index contributed by atoms with van der Waals surface area (Å²) in [4.78, 5) is 30.4. The first-order valence-corrected chi connectivity index (χ1v) is 13.0. The number of ether oxygens (including phenoxy) is 3. The van der Waals surface area contributed by atoms with Crippen LogP contribution in [0.1, 0.15) is 29.7 Å². The number of Topliss-reactive ketones (excluding diaryl/α,β-unsaturated/α-hetero) is 1. The van der Waals surface area contributed by atoms with Crippen LogP contribution >= 0.6 is 15.9 Å². The normalized spacial score (nSPS) is 23.3. The van der Waals surface area contributed by atoms with Crippen molar-refractivity contribution in [2.45, 2.75) is 25.5 Å². The summed E-state index contributed by atoms with van der Waals surface area (Å²) in [5, 5.41) is 21.8. The van der Waals surface area contributed by atoms with Crippen LogP contribution in [0.25, 0.3) is 5.76 Å². The lowest BCUT2D eigenvalue weighted by molar-refractivity contribution is -0.140. The van der Waals surface area contributed by atoms with Crippen molar-refractivity contribution < 1.29 is 34.0 Å². The average molecular weight is 573 g/mol. The predicted octanol–water partition coefficient (Wildman–Crippen LogP) is 3.24. The summed E-state index contributed by atoms with van der Waals surface area (Å²) >= 11 is 3.34. The monoisotopic (exact) mass is 572 g/mol. The molecule has 0 aliphatic carbocycles. The molecule has 10 heteroatoms. The molecular formula is C27H29BrN2O7. The number of methoxy groups -OCH3 is 1. The van der Waals surface area contributed by atoms with Crippen LogP contribution in [0.15, 0.2) is 40.4 Å². The van der Waals surface area contributed by atoms with E-state index in [0.717, 1.165) is 24.4 Å². The van der Waals surface area contributed by atoms with Crippen LogP contribution in [0.4, 0.5) is 0 Å². The van der Waals surface area contributed by atoms with Crippen LogP contribution in [0.3, 0.4) is 0 Å². The molecule has 0 unspecified atom stereocenters. The highest BCUT2D eigenvalue weighted by molar-refractivity contribution is 9.10. The second-order valence-electron chi connectivity index (χ2n) is 9.46. The van der Waals surface area contributed by atoms with Gasteiger partial charge in [-0.1, -0.05) is 0 Å². The molecule has 196 valence electrons. The molecule has 3 aliphatic heterocycles. The van der Waals surface area contributed by atoms with Crippen LogP contribution in [0.2, 0.25) is 0 Å². The van der Waals surface area contributed by atoms with Crippen molar-refractivity contribution in [1.82, 2.24) is 9.80 Å². The summed E-state index contributed by atoms with van der Waals surface area (Å²) in [6, 6.07) is 7.64. The van der Waals surface area contributed by atoms with E-state index in [1.54, 1.807) is 30.3 Å². The molecule has 1 amide bonds. The van der Waals surface area contributed by atoms with E-state index in [0.29, 0.717) is 41.8 Å². The number of carbonyl (C=O) groups excluding carboxylic acids is 2. The van der Waals surface area contributed by atoms with Gasteiger partial charge >= 0.3 is 0 Å². The zero-order valence-corrected chi connectivity index (χ0v) is 22.3. The maximum absolute atomic E-state index is 13.4. The van der Waals surface area contributed by atoms with Crippen molar-refractivity contribution in [2.24, 2.45) is 0 Å². The number of nitrogens with zero attached hydrogens (tertiary/aromatic N) is 2. The Morgan fingerprint density at radius 3 is 2.65 bits per heavy atom. The Balaban J connectivity index is 1.59. The van der Waals surface area contributed by atoms with E-state index in [4.69, 9.17) is 14.2 Å². The van der Waals surface area contributed by atoms with E-state index in [2.05, 4.69) is 20.8 Å². The van der Waals surface area contributed by atoms with E-state index in [-0.39, 0.29) is 35.5 Å². The second kappa shape index (κ2) is 10.4. The Kier molecular flexibility index (Phi) is 7.15. The zero-order chi connectivity index (χ0) is 26.3. The van der Waals surface area contributed by atoms with Gasteiger partial charge < -0.3 is 29.3 Å². The minimum atomic E-state index is -0.865. The first-order valence-electron chi connectivity index (χ1n) is 12.2. The van der Waals surface area contributed by atoms with Gasteiger partial charge in [-0.05, 0) is 64.3 Å². The largest absolute Gasteiger partial charge is 0.507 e. The van der Waals surface area contributed by atoms with Crippen LogP contribution < -0.4 is 9.47 Å². The molecule has 0 aromatic heterocycles. The standard InChI is InChI=1S/C27H29BrN2O7/c1-15-11-17-12-16(3-4-20(17)37-15)24(31)22-23(18-13-19(28)25(32)21(14-18)35-2)30(27(34)26(22)33)6-5-29-7-9-36-10-8-29/h3-4,12-15,23,31-32H,5-11H2,1-2H3/t15-,23+/m0/s1. The van der Waals surface area contributed by atoms with E-state index in [1.807, 2.05) is 6.92 Å². The number of rotatable bonds is 6. The lowest BCUT2D eigenvalue weighted by Gasteiger charge is -2.31. The average Bonchev–Trinajstić information content (AvgIpc) is 3.39. The van der Waals surface area contributed by atoms with Gasteiger partial charge in [0.15, 0.2) is 11.5 Å². The molecule has 3 aliphatic rings. The lowest BCUT2D eigenvalue weighted by atomic mass is 9.94. The number of morpholine rings is 1. The van der Waals surface area contributed by atoms with Crippen molar-refractivity contribution in [2.75, 3.05) is 46.5 Å². The molecule has 0 radical (unpaired) electrons. The SMILES string of the molecule is COc1cc([C@@H]2C(=C(O)c3ccc4c(c3)C[C@H](C)O4)C(=O)C(=O)N2CCN2CCOCC2)cc(Br)c1O. The fourth-order valence-electron chi connectivity index (χ4n) is 5.16. The fraction of sp³-hybridized carbons (Fsp3) is 0.407. The fourth-order valence-corrected chi connectivity index (χ4v) is 5.62. The lowest BCUT2D eigenvalue weighted by Crippen LogP contribution is -2.42. The Morgan fingerprint density at radius 2 is 1.92 bits per heavy atom. The number of aliphatic hydroxyl groups excluding tert-OH is 1. The number of hydrogen-bond acceptors (Lipinski definition) is 8. The number of phenolic OH excluding ortho intramolecular Hbond substituents is 1. The number of likely N-dealkylation sites (tertiary alicyclic amines) is 1. The summed E-state index contributed by atoms with van der Waals surface area (Å²) in [6.07, 6.45) is 0.718. The highest BCUT2D eigenvalue weighted by atomic mass is 79.9. The predicted molar refractivity (Wildman–Crippen MR) is 139 cm³/mol. The summed E-state index contributed by atoms with van der Waals surface area (Å²) < 4.78 is 16.9. The number of benzene rings is 2. The zero-order valence-electron chi connectivity index (χ0n) is 20.7. The highest BCUT2D eigenvalue weighted by Gasteiger charge is 2.46. The third-order valence-corrected chi connectivity index (χ3v) is 7.66. The van der Waals surface area contributed by atoms with E-state index >= 15 is 0 Å². The van der Waals surface area contributed by atoms with Gasteiger partial charge in [0.2, 0.25) is 0 Å².